The summed E-state index contributed by atoms with van der Waals surface area (Å²) < 4.78 is 6.50. The zero-order valence-corrected chi connectivity index (χ0v) is 15.4. The molecule has 0 aliphatic rings. The summed E-state index contributed by atoms with van der Waals surface area (Å²) in [5.74, 6) is 1.27. The van der Waals surface area contributed by atoms with Gasteiger partial charge in [-0.05, 0) is 43.5 Å². The molecule has 2 heteroatoms. The van der Waals surface area contributed by atoms with E-state index in [4.69, 9.17) is 4.43 Å². The van der Waals surface area contributed by atoms with Crippen molar-refractivity contribution in [1.29, 1.82) is 0 Å². The smallest absolute Gasteiger partial charge is 0.250 e. The van der Waals surface area contributed by atoms with Gasteiger partial charge in [0.25, 0.3) is 0 Å². The van der Waals surface area contributed by atoms with Crippen LogP contribution in [0.2, 0.25) is 18.1 Å². The molecule has 0 aliphatic carbocycles. The summed E-state index contributed by atoms with van der Waals surface area (Å²) in [7, 11) is -1.66. The molecular formula is C17H36OSi. The molecule has 114 valence electrons. The molecule has 0 aromatic heterocycles. The second-order valence-corrected chi connectivity index (χ2v) is 11.9. The highest BCUT2D eigenvalue weighted by molar-refractivity contribution is 6.74. The third-order valence-electron chi connectivity index (χ3n) is 4.15. The Kier molecular flexibility index (Phi) is 8.72. The third kappa shape index (κ3) is 7.81. The lowest BCUT2D eigenvalue weighted by atomic mass is 10.1. The van der Waals surface area contributed by atoms with Gasteiger partial charge in [-0.2, -0.15) is 0 Å². The molecule has 19 heavy (non-hydrogen) atoms. The predicted octanol–water partition coefficient (Wildman–Crippen LogP) is 6.66. The number of allylic oxidation sites excluding steroid dienone is 2. The van der Waals surface area contributed by atoms with Gasteiger partial charge in [-0.3, -0.25) is 0 Å². The topological polar surface area (TPSA) is 9.23 Å². The zero-order chi connectivity index (χ0) is 14.9. The molecule has 0 bridgehead atoms. The molecule has 0 aromatic carbocycles. The van der Waals surface area contributed by atoms with Crippen LogP contribution in [-0.4, -0.2) is 8.32 Å². The zero-order valence-electron chi connectivity index (χ0n) is 14.4. The quantitative estimate of drug-likeness (QED) is 0.261. The Labute approximate surface area is 123 Å². The van der Waals surface area contributed by atoms with E-state index in [0.29, 0.717) is 5.04 Å². The monoisotopic (exact) mass is 284 g/mol. The molecule has 0 radical (unpaired) electrons. The average Bonchev–Trinajstić information content (AvgIpc) is 2.27. The minimum absolute atomic E-state index is 0.293. The van der Waals surface area contributed by atoms with Gasteiger partial charge in [-0.15, -0.1) is 0 Å². The molecule has 0 rings (SSSR count). The van der Waals surface area contributed by atoms with E-state index in [1.54, 1.807) is 0 Å². The van der Waals surface area contributed by atoms with Crippen molar-refractivity contribution in [3.8, 4) is 0 Å². The van der Waals surface area contributed by atoms with E-state index in [-0.39, 0.29) is 0 Å². The van der Waals surface area contributed by atoms with Crippen molar-refractivity contribution < 1.29 is 4.43 Å². The molecule has 0 amide bonds. The van der Waals surface area contributed by atoms with Gasteiger partial charge < -0.3 is 4.43 Å². The molecule has 0 N–H and O–H groups in total. The summed E-state index contributed by atoms with van der Waals surface area (Å²) in [6.07, 6.45) is 11.1. The second-order valence-electron chi connectivity index (χ2n) is 7.13. The number of hydrogen-bond acceptors (Lipinski definition) is 1. The van der Waals surface area contributed by atoms with Crippen molar-refractivity contribution in [2.45, 2.75) is 97.7 Å². The third-order valence-corrected chi connectivity index (χ3v) is 8.53. The fourth-order valence-electron chi connectivity index (χ4n) is 1.69. The van der Waals surface area contributed by atoms with Crippen LogP contribution in [0.25, 0.3) is 0 Å². The fraction of sp³-hybridized carbons (Fsp3) is 0.882. The van der Waals surface area contributed by atoms with E-state index in [1.165, 1.54) is 44.3 Å². The average molecular weight is 285 g/mol. The van der Waals surface area contributed by atoms with Crippen molar-refractivity contribution in [2.75, 3.05) is 0 Å². The highest BCUT2D eigenvalue weighted by atomic mass is 28.4. The van der Waals surface area contributed by atoms with Crippen LogP contribution < -0.4 is 0 Å². The Hall–Kier alpha value is -0.243. The molecule has 1 nitrogen and oxygen atoms in total. The first-order valence-electron chi connectivity index (χ1n) is 8.12. The molecule has 0 heterocycles. The van der Waals surface area contributed by atoms with Gasteiger partial charge in [0.15, 0.2) is 0 Å². The van der Waals surface area contributed by atoms with E-state index in [1.807, 2.05) is 0 Å². The highest BCUT2D eigenvalue weighted by Gasteiger charge is 2.39. The molecule has 0 saturated heterocycles. The minimum Gasteiger partial charge on any atom is -0.547 e. The van der Waals surface area contributed by atoms with Crippen molar-refractivity contribution in [2.24, 2.45) is 0 Å². The standard InChI is InChI=1S/C17H36OSi/c1-8-10-12-14-16(15-13-11-9-2)18-19(6,7)17(3,4)5/h14H,8-13,15H2,1-7H3/b16-14-. The van der Waals surface area contributed by atoms with Crippen LogP contribution in [-0.2, 0) is 4.43 Å². The van der Waals surface area contributed by atoms with Crippen molar-refractivity contribution >= 4 is 8.32 Å². The van der Waals surface area contributed by atoms with Crippen LogP contribution in [0.3, 0.4) is 0 Å². The normalized spacial score (nSPS) is 13.7. The van der Waals surface area contributed by atoms with Gasteiger partial charge in [0.05, 0.1) is 5.76 Å². The Balaban J connectivity index is 4.60. The maximum atomic E-state index is 6.50. The minimum atomic E-state index is -1.66. The number of hydrogen-bond donors (Lipinski definition) is 0. The number of unbranched alkanes of at least 4 members (excludes halogenated alkanes) is 4. The Morgan fingerprint density at radius 1 is 1.00 bits per heavy atom. The summed E-state index contributed by atoms with van der Waals surface area (Å²) in [6, 6.07) is 0. The lowest BCUT2D eigenvalue weighted by Gasteiger charge is -2.37. The molecule has 0 aliphatic heterocycles. The van der Waals surface area contributed by atoms with E-state index < -0.39 is 8.32 Å². The molecule has 0 unspecified atom stereocenters. The van der Waals surface area contributed by atoms with E-state index >= 15 is 0 Å². The van der Waals surface area contributed by atoms with Crippen molar-refractivity contribution in [3.63, 3.8) is 0 Å². The van der Waals surface area contributed by atoms with Crippen LogP contribution in [0.15, 0.2) is 11.8 Å². The highest BCUT2D eigenvalue weighted by Crippen LogP contribution is 2.38. The van der Waals surface area contributed by atoms with Gasteiger partial charge >= 0.3 is 0 Å². The van der Waals surface area contributed by atoms with Gasteiger partial charge in [0, 0.05) is 6.42 Å². The first-order chi connectivity index (χ1) is 8.74. The van der Waals surface area contributed by atoms with Crippen LogP contribution in [0.1, 0.15) is 79.6 Å². The molecule has 0 saturated carbocycles. The predicted molar refractivity (Wildman–Crippen MR) is 90.0 cm³/mol. The molecule has 0 fully saturated rings. The maximum Gasteiger partial charge on any atom is 0.250 e. The van der Waals surface area contributed by atoms with Crippen LogP contribution >= 0.6 is 0 Å². The van der Waals surface area contributed by atoms with Crippen molar-refractivity contribution in [1.82, 2.24) is 0 Å². The first kappa shape index (κ1) is 18.8. The molecule has 0 spiro atoms. The number of rotatable bonds is 9. The van der Waals surface area contributed by atoms with E-state index in [2.05, 4.69) is 53.8 Å². The molecule has 0 aromatic rings. The van der Waals surface area contributed by atoms with Crippen LogP contribution in [0.4, 0.5) is 0 Å². The van der Waals surface area contributed by atoms with Crippen molar-refractivity contribution in [3.05, 3.63) is 11.8 Å². The van der Waals surface area contributed by atoms with Gasteiger partial charge in [0.1, 0.15) is 0 Å². The Morgan fingerprint density at radius 2 is 1.58 bits per heavy atom. The molecular weight excluding hydrogens is 248 g/mol. The van der Waals surface area contributed by atoms with Gasteiger partial charge in [-0.25, -0.2) is 0 Å². The summed E-state index contributed by atoms with van der Waals surface area (Å²) in [6.45, 7) is 16.1. The fourth-order valence-corrected chi connectivity index (χ4v) is 2.84. The maximum absolute atomic E-state index is 6.50. The molecule has 0 atom stereocenters. The largest absolute Gasteiger partial charge is 0.547 e. The van der Waals surface area contributed by atoms with Crippen LogP contribution in [0, 0.1) is 0 Å². The van der Waals surface area contributed by atoms with Gasteiger partial charge in [0.2, 0.25) is 8.32 Å². The lowest BCUT2D eigenvalue weighted by Crippen LogP contribution is -2.40. The Bertz CT molecular complexity index is 261. The summed E-state index contributed by atoms with van der Waals surface area (Å²) in [5.41, 5.74) is 0. The lowest BCUT2D eigenvalue weighted by molar-refractivity contribution is 0.359. The van der Waals surface area contributed by atoms with E-state index in [9.17, 15) is 0 Å². The second kappa shape index (κ2) is 8.83. The summed E-state index contributed by atoms with van der Waals surface area (Å²) in [4.78, 5) is 0. The summed E-state index contributed by atoms with van der Waals surface area (Å²) >= 11 is 0. The SMILES string of the molecule is CCCC/C=C(/CCCCC)O[Si](C)(C)C(C)(C)C. The summed E-state index contributed by atoms with van der Waals surface area (Å²) in [5, 5.41) is 0.293. The van der Waals surface area contributed by atoms with Crippen LogP contribution in [0.5, 0.6) is 0 Å². The Morgan fingerprint density at radius 3 is 2.05 bits per heavy atom. The van der Waals surface area contributed by atoms with E-state index in [0.717, 1.165) is 6.42 Å². The van der Waals surface area contributed by atoms with Gasteiger partial charge in [-0.1, -0.05) is 53.9 Å². The first-order valence-corrected chi connectivity index (χ1v) is 11.0.